The average molecular weight is 298 g/mol. The van der Waals surface area contributed by atoms with Crippen LogP contribution in [0.2, 0.25) is 0 Å². The van der Waals surface area contributed by atoms with Crippen molar-refractivity contribution in [2.24, 2.45) is 0 Å². The molecule has 0 aliphatic rings. The molecule has 6 heteroatoms. The Morgan fingerprint density at radius 1 is 1.23 bits per heavy atom. The quantitative estimate of drug-likeness (QED) is 0.750. The molecule has 0 spiro atoms. The molecule has 0 saturated carbocycles. The minimum atomic E-state index is -0.665. The van der Waals surface area contributed by atoms with Gasteiger partial charge in [-0.1, -0.05) is 18.2 Å². The molecule has 3 rings (SSSR count). The molecule has 2 aromatic heterocycles. The molecule has 0 aliphatic carbocycles. The molecule has 2 heterocycles. The van der Waals surface area contributed by atoms with Crippen molar-refractivity contribution in [3.63, 3.8) is 0 Å². The number of nitrogens with zero attached hydrogens (tertiary/aromatic N) is 1. The van der Waals surface area contributed by atoms with E-state index < -0.39 is 11.5 Å². The Labute approximate surface area is 125 Å². The Bertz CT molecular complexity index is 908. The number of aromatic nitrogens is 1. The molecule has 0 radical (unpaired) electrons. The fraction of sp³-hybridized carbons (Fsp3) is 0.188. The Kier molecular flexibility index (Phi) is 3.50. The van der Waals surface area contributed by atoms with Gasteiger partial charge in [-0.25, -0.2) is 9.78 Å². The lowest BCUT2D eigenvalue weighted by molar-refractivity contribution is 0.0944. The lowest BCUT2D eigenvalue weighted by Gasteiger charge is -2.04. The average Bonchev–Trinajstić information content (AvgIpc) is 2.82. The van der Waals surface area contributed by atoms with Crippen LogP contribution < -0.4 is 10.9 Å². The zero-order valence-corrected chi connectivity index (χ0v) is 12.2. The zero-order valence-electron chi connectivity index (χ0n) is 12.2. The van der Waals surface area contributed by atoms with E-state index in [1.807, 2.05) is 6.07 Å². The van der Waals surface area contributed by atoms with Gasteiger partial charge in [0.1, 0.15) is 16.9 Å². The Morgan fingerprint density at radius 3 is 2.73 bits per heavy atom. The highest BCUT2D eigenvalue weighted by atomic mass is 16.4. The van der Waals surface area contributed by atoms with Gasteiger partial charge in [-0.3, -0.25) is 4.79 Å². The number of benzene rings is 1. The number of rotatable bonds is 3. The van der Waals surface area contributed by atoms with Gasteiger partial charge in [-0.2, -0.15) is 0 Å². The first-order valence-electron chi connectivity index (χ1n) is 6.78. The number of nitrogens with one attached hydrogen (secondary N) is 1. The van der Waals surface area contributed by atoms with Crippen molar-refractivity contribution in [3.05, 3.63) is 63.7 Å². The van der Waals surface area contributed by atoms with E-state index in [1.54, 1.807) is 32.0 Å². The van der Waals surface area contributed by atoms with Crippen LogP contribution in [0.25, 0.3) is 11.0 Å². The normalized spacial score (nSPS) is 10.8. The van der Waals surface area contributed by atoms with Gasteiger partial charge < -0.3 is 14.2 Å². The number of carbonyl (C=O) groups is 1. The summed E-state index contributed by atoms with van der Waals surface area (Å²) < 4.78 is 10.5. The van der Waals surface area contributed by atoms with Crippen LogP contribution in [0.15, 0.2) is 44.0 Å². The summed E-state index contributed by atoms with van der Waals surface area (Å²) in [6.07, 6.45) is 0. The predicted octanol–water partition coefficient (Wildman–Crippen LogP) is 2.33. The highest BCUT2D eigenvalue weighted by molar-refractivity contribution is 5.96. The van der Waals surface area contributed by atoms with Crippen LogP contribution in [0, 0.1) is 13.8 Å². The molecule has 0 aliphatic heterocycles. The molecule has 3 aromatic rings. The van der Waals surface area contributed by atoms with Crippen molar-refractivity contribution in [2.75, 3.05) is 0 Å². The second-order valence-electron chi connectivity index (χ2n) is 4.91. The lowest BCUT2D eigenvalue weighted by Crippen LogP contribution is -2.27. The van der Waals surface area contributed by atoms with Gasteiger partial charge in [-0.05, 0) is 19.1 Å². The predicted molar refractivity (Wildman–Crippen MR) is 79.6 cm³/mol. The maximum atomic E-state index is 12.2. The van der Waals surface area contributed by atoms with Gasteiger partial charge in [0.2, 0.25) is 0 Å². The summed E-state index contributed by atoms with van der Waals surface area (Å²) in [7, 11) is 0. The first-order valence-corrected chi connectivity index (χ1v) is 6.78. The lowest BCUT2D eigenvalue weighted by atomic mass is 10.2. The molecule has 6 nitrogen and oxygen atoms in total. The van der Waals surface area contributed by atoms with Gasteiger partial charge in [0.05, 0.1) is 12.2 Å². The van der Waals surface area contributed by atoms with Crippen LogP contribution in [-0.4, -0.2) is 10.9 Å². The van der Waals surface area contributed by atoms with E-state index in [0.717, 1.165) is 0 Å². The number of oxazole rings is 1. The van der Waals surface area contributed by atoms with E-state index in [-0.39, 0.29) is 12.1 Å². The van der Waals surface area contributed by atoms with E-state index in [1.165, 1.54) is 6.07 Å². The van der Waals surface area contributed by atoms with Crippen LogP contribution in [0.3, 0.4) is 0 Å². The van der Waals surface area contributed by atoms with E-state index in [9.17, 15) is 9.59 Å². The van der Waals surface area contributed by atoms with Crippen molar-refractivity contribution in [2.45, 2.75) is 20.4 Å². The van der Waals surface area contributed by atoms with Crippen LogP contribution in [0.5, 0.6) is 0 Å². The Hall–Kier alpha value is -2.89. The summed E-state index contributed by atoms with van der Waals surface area (Å²) in [6, 6.07) is 8.55. The molecule has 0 atom stereocenters. The van der Waals surface area contributed by atoms with Gasteiger partial charge >= 0.3 is 5.63 Å². The van der Waals surface area contributed by atoms with Crippen LogP contribution in [0.1, 0.15) is 27.7 Å². The molecular weight excluding hydrogens is 284 g/mol. The third kappa shape index (κ3) is 2.63. The molecule has 1 aromatic carbocycles. The minimum absolute atomic E-state index is 0.0346. The molecule has 0 fully saturated rings. The van der Waals surface area contributed by atoms with E-state index in [4.69, 9.17) is 8.83 Å². The smallest absolute Gasteiger partial charge is 0.349 e. The summed E-state index contributed by atoms with van der Waals surface area (Å²) in [5.41, 5.74) is 0.461. The summed E-state index contributed by atoms with van der Waals surface area (Å²) in [4.78, 5) is 28.2. The maximum absolute atomic E-state index is 12.2. The number of aryl methyl sites for hydroxylation is 2. The summed E-state index contributed by atoms with van der Waals surface area (Å²) in [6.45, 7) is 3.69. The molecule has 1 N–H and O–H groups in total. The molecule has 22 heavy (non-hydrogen) atoms. The molecular formula is C16H14N2O4. The number of para-hydroxylation sites is 1. The van der Waals surface area contributed by atoms with Crippen LogP contribution in [0.4, 0.5) is 0 Å². The monoisotopic (exact) mass is 298 g/mol. The van der Waals surface area contributed by atoms with Crippen LogP contribution >= 0.6 is 0 Å². The molecule has 112 valence electrons. The third-order valence-electron chi connectivity index (χ3n) is 3.30. The number of hydrogen-bond donors (Lipinski definition) is 1. The van der Waals surface area contributed by atoms with Crippen molar-refractivity contribution in [3.8, 4) is 0 Å². The zero-order chi connectivity index (χ0) is 15.7. The molecule has 0 unspecified atom stereocenters. The topological polar surface area (TPSA) is 85.3 Å². The summed E-state index contributed by atoms with van der Waals surface area (Å²) in [5.74, 6) is 0.593. The fourth-order valence-corrected chi connectivity index (χ4v) is 2.21. The highest BCUT2D eigenvalue weighted by Crippen LogP contribution is 2.13. The molecule has 1 amide bonds. The van der Waals surface area contributed by atoms with Crippen molar-refractivity contribution < 1.29 is 13.6 Å². The Balaban J connectivity index is 1.84. The van der Waals surface area contributed by atoms with Gasteiger partial charge in [0, 0.05) is 12.3 Å². The third-order valence-corrected chi connectivity index (χ3v) is 3.30. The molecule has 0 bridgehead atoms. The Morgan fingerprint density at radius 2 is 2.00 bits per heavy atom. The summed E-state index contributed by atoms with van der Waals surface area (Å²) >= 11 is 0. The van der Waals surface area contributed by atoms with E-state index in [2.05, 4.69) is 10.3 Å². The number of fused-ring (bicyclic) bond motifs is 1. The van der Waals surface area contributed by atoms with Crippen molar-refractivity contribution in [1.82, 2.24) is 10.3 Å². The maximum Gasteiger partial charge on any atom is 0.349 e. The van der Waals surface area contributed by atoms with Gasteiger partial charge in [0.15, 0.2) is 5.89 Å². The highest BCUT2D eigenvalue weighted by Gasteiger charge is 2.15. The first kappa shape index (κ1) is 14.1. The SMILES string of the molecule is Cc1nc(C)c(CNC(=O)c2cc3ccccc3oc2=O)o1. The minimum Gasteiger partial charge on any atom is -0.444 e. The van der Waals surface area contributed by atoms with Gasteiger partial charge in [-0.15, -0.1) is 0 Å². The molecule has 0 saturated heterocycles. The first-order chi connectivity index (χ1) is 10.5. The van der Waals surface area contributed by atoms with E-state index in [0.29, 0.717) is 28.3 Å². The van der Waals surface area contributed by atoms with Crippen molar-refractivity contribution >= 4 is 16.9 Å². The number of hydrogen-bond acceptors (Lipinski definition) is 5. The standard InChI is InChI=1S/C16H14N2O4/c1-9-14(21-10(2)18-9)8-17-15(19)12-7-11-5-3-4-6-13(11)22-16(12)20/h3-7H,8H2,1-2H3,(H,17,19). The second kappa shape index (κ2) is 5.48. The van der Waals surface area contributed by atoms with Crippen molar-refractivity contribution in [1.29, 1.82) is 0 Å². The number of carbonyl (C=O) groups excluding carboxylic acids is 1. The van der Waals surface area contributed by atoms with Crippen LogP contribution in [-0.2, 0) is 6.54 Å². The second-order valence-corrected chi connectivity index (χ2v) is 4.91. The summed E-state index contributed by atoms with van der Waals surface area (Å²) in [5, 5.41) is 3.34. The van der Waals surface area contributed by atoms with Gasteiger partial charge in [0.25, 0.3) is 5.91 Å². The van der Waals surface area contributed by atoms with E-state index >= 15 is 0 Å². The number of amides is 1. The fourth-order valence-electron chi connectivity index (χ4n) is 2.21. The largest absolute Gasteiger partial charge is 0.444 e.